The molecule has 1 unspecified atom stereocenters. The fourth-order valence-electron chi connectivity index (χ4n) is 3.60. The molecule has 1 aliphatic heterocycles. The molecule has 3 rings (SSSR count). The maximum atomic E-state index is 12.6. The number of nitrogens with zero attached hydrogens (tertiary/aromatic N) is 3. The van der Waals surface area contributed by atoms with Gasteiger partial charge in [0.05, 0.1) is 6.07 Å². The van der Waals surface area contributed by atoms with Gasteiger partial charge < -0.3 is 4.90 Å². The lowest BCUT2D eigenvalue weighted by molar-refractivity contribution is -0.127. The fraction of sp³-hybridized carbons (Fsp3) is 0.333. The predicted molar refractivity (Wildman–Crippen MR) is 113 cm³/mol. The molecule has 28 heavy (non-hydrogen) atoms. The Morgan fingerprint density at radius 3 is 2.32 bits per heavy atom. The second-order valence-electron chi connectivity index (χ2n) is 7.50. The van der Waals surface area contributed by atoms with Gasteiger partial charge in [-0.2, -0.15) is 5.26 Å². The zero-order chi connectivity index (χ0) is 19.9. The Balaban J connectivity index is 1.60. The van der Waals surface area contributed by atoms with Crippen molar-refractivity contribution < 1.29 is 4.79 Å². The molecule has 0 bridgehead atoms. The third-order valence-electron chi connectivity index (χ3n) is 5.20. The maximum absolute atomic E-state index is 12.6. The molecule has 1 saturated heterocycles. The molecular weight excluding hydrogens is 346 g/mol. The van der Waals surface area contributed by atoms with Crippen molar-refractivity contribution in [2.75, 3.05) is 26.2 Å². The van der Waals surface area contributed by atoms with E-state index in [1.165, 1.54) is 0 Å². The van der Waals surface area contributed by atoms with Crippen LogP contribution in [0.25, 0.3) is 17.2 Å². The third-order valence-corrected chi connectivity index (χ3v) is 5.20. The molecule has 0 radical (unpaired) electrons. The second kappa shape index (κ2) is 9.34. The van der Waals surface area contributed by atoms with Gasteiger partial charge in [-0.25, -0.2) is 0 Å². The van der Waals surface area contributed by atoms with Crippen LogP contribution in [0.15, 0.2) is 60.7 Å². The Kier molecular flexibility index (Phi) is 6.62. The first-order valence-corrected chi connectivity index (χ1v) is 9.84. The van der Waals surface area contributed by atoms with E-state index < -0.39 is 0 Å². The van der Waals surface area contributed by atoms with Crippen LogP contribution in [0.1, 0.15) is 19.4 Å². The van der Waals surface area contributed by atoms with E-state index in [9.17, 15) is 10.1 Å². The topological polar surface area (TPSA) is 47.3 Å². The number of amides is 1. The van der Waals surface area contributed by atoms with Crippen LogP contribution in [0.5, 0.6) is 0 Å². The molecule has 2 aromatic rings. The lowest BCUT2D eigenvalue weighted by Crippen LogP contribution is -2.52. The number of benzene rings is 2. The summed E-state index contributed by atoms with van der Waals surface area (Å²) in [6.45, 7) is 6.96. The van der Waals surface area contributed by atoms with Crippen LogP contribution in [0.2, 0.25) is 0 Å². The third kappa shape index (κ3) is 4.88. The Morgan fingerprint density at radius 1 is 1.00 bits per heavy atom. The first-order valence-electron chi connectivity index (χ1n) is 9.84. The van der Waals surface area contributed by atoms with Gasteiger partial charge in [0.15, 0.2) is 0 Å². The van der Waals surface area contributed by atoms with Crippen molar-refractivity contribution in [3.63, 3.8) is 0 Å². The minimum atomic E-state index is -0.0754. The van der Waals surface area contributed by atoms with Gasteiger partial charge in [-0.05, 0) is 34.8 Å². The van der Waals surface area contributed by atoms with E-state index in [2.05, 4.69) is 49.1 Å². The number of carbonyl (C=O) groups is 1. The molecule has 0 aromatic heterocycles. The van der Waals surface area contributed by atoms with Gasteiger partial charge in [0.2, 0.25) is 5.91 Å². The maximum Gasteiger partial charge on any atom is 0.246 e. The van der Waals surface area contributed by atoms with Crippen molar-refractivity contribution in [1.29, 1.82) is 5.26 Å². The minimum Gasteiger partial charge on any atom is -0.337 e. The molecule has 1 fully saturated rings. The zero-order valence-corrected chi connectivity index (χ0v) is 16.6. The molecule has 144 valence electrons. The average molecular weight is 374 g/mol. The predicted octanol–water partition coefficient (Wildman–Crippen LogP) is 4.06. The summed E-state index contributed by atoms with van der Waals surface area (Å²) in [5, 5.41) is 9.36. The van der Waals surface area contributed by atoms with E-state index in [1.54, 1.807) is 6.08 Å². The summed E-state index contributed by atoms with van der Waals surface area (Å²) in [5.41, 5.74) is 3.31. The SMILES string of the molecule is CC(C)C(C#N)N1CCN(C(=O)/C=C/c2cccc(-c3ccccc3)c2)CC1. The van der Waals surface area contributed by atoms with Crippen LogP contribution < -0.4 is 0 Å². The lowest BCUT2D eigenvalue weighted by Gasteiger charge is -2.37. The van der Waals surface area contributed by atoms with Gasteiger partial charge in [0.25, 0.3) is 0 Å². The molecule has 0 aliphatic carbocycles. The molecule has 0 N–H and O–H groups in total. The van der Waals surface area contributed by atoms with Crippen LogP contribution in [0, 0.1) is 17.2 Å². The fourth-order valence-corrected chi connectivity index (χ4v) is 3.60. The molecule has 1 heterocycles. The number of carbonyl (C=O) groups excluding carboxylic acids is 1. The molecule has 1 atom stereocenters. The van der Waals surface area contributed by atoms with E-state index in [-0.39, 0.29) is 11.9 Å². The zero-order valence-electron chi connectivity index (χ0n) is 16.6. The van der Waals surface area contributed by atoms with E-state index in [0.717, 1.165) is 29.8 Å². The smallest absolute Gasteiger partial charge is 0.246 e. The largest absolute Gasteiger partial charge is 0.337 e. The van der Waals surface area contributed by atoms with Crippen molar-refractivity contribution in [2.24, 2.45) is 5.92 Å². The van der Waals surface area contributed by atoms with Crippen molar-refractivity contribution in [3.05, 3.63) is 66.2 Å². The van der Waals surface area contributed by atoms with Crippen LogP contribution in [-0.4, -0.2) is 47.9 Å². The summed E-state index contributed by atoms with van der Waals surface area (Å²) in [4.78, 5) is 16.6. The summed E-state index contributed by atoms with van der Waals surface area (Å²) in [5.74, 6) is 0.326. The molecule has 0 spiro atoms. The standard InChI is InChI=1S/C24H27N3O/c1-19(2)23(18-25)26-13-15-27(16-14-26)24(28)12-11-20-7-6-10-22(17-20)21-8-4-3-5-9-21/h3-12,17,19,23H,13-16H2,1-2H3/b12-11+. The van der Waals surface area contributed by atoms with Gasteiger partial charge in [-0.3, -0.25) is 9.69 Å². The second-order valence-corrected chi connectivity index (χ2v) is 7.50. The molecule has 0 saturated carbocycles. The highest BCUT2D eigenvalue weighted by atomic mass is 16.2. The van der Waals surface area contributed by atoms with Gasteiger partial charge in [-0.1, -0.05) is 62.4 Å². The quantitative estimate of drug-likeness (QED) is 0.743. The van der Waals surface area contributed by atoms with Gasteiger partial charge in [0.1, 0.15) is 6.04 Å². The minimum absolute atomic E-state index is 0.0304. The summed E-state index contributed by atoms with van der Waals surface area (Å²) in [7, 11) is 0. The van der Waals surface area contributed by atoms with Gasteiger partial charge >= 0.3 is 0 Å². The number of hydrogen-bond acceptors (Lipinski definition) is 3. The molecule has 4 nitrogen and oxygen atoms in total. The van der Waals surface area contributed by atoms with E-state index in [4.69, 9.17) is 0 Å². The van der Waals surface area contributed by atoms with E-state index in [0.29, 0.717) is 19.0 Å². The van der Waals surface area contributed by atoms with Crippen molar-refractivity contribution in [2.45, 2.75) is 19.9 Å². The Labute approximate surface area is 167 Å². The Bertz CT molecular complexity index is 859. The van der Waals surface area contributed by atoms with Crippen LogP contribution in [0.4, 0.5) is 0 Å². The number of rotatable bonds is 5. The Hall–Kier alpha value is -2.90. The molecular formula is C24H27N3O. The van der Waals surface area contributed by atoms with Crippen LogP contribution >= 0.6 is 0 Å². The van der Waals surface area contributed by atoms with E-state index in [1.807, 2.05) is 41.3 Å². The average Bonchev–Trinajstić information content (AvgIpc) is 2.73. The van der Waals surface area contributed by atoms with Crippen LogP contribution in [-0.2, 0) is 4.79 Å². The lowest BCUT2D eigenvalue weighted by atomic mass is 10.0. The first kappa shape index (κ1) is 19.9. The highest BCUT2D eigenvalue weighted by molar-refractivity contribution is 5.92. The molecule has 1 amide bonds. The number of nitriles is 1. The molecule has 2 aromatic carbocycles. The molecule has 1 aliphatic rings. The number of piperazine rings is 1. The van der Waals surface area contributed by atoms with Gasteiger partial charge in [-0.15, -0.1) is 0 Å². The highest BCUT2D eigenvalue weighted by Crippen LogP contribution is 2.20. The highest BCUT2D eigenvalue weighted by Gasteiger charge is 2.26. The van der Waals surface area contributed by atoms with Crippen molar-refractivity contribution >= 4 is 12.0 Å². The summed E-state index contributed by atoms with van der Waals surface area (Å²) in [6, 6.07) is 20.7. The van der Waals surface area contributed by atoms with Crippen molar-refractivity contribution in [3.8, 4) is 17.2 Å². The summed E-state index contributed by atoms with van der Waals surface area (Å²) < 4.78 is 0. The van der Waals surface area contributed by atoms with Gasteiger partial charge in [0, 0.05) is 32.3 Å². The monoisotopic (exact) mass is 373 g/mol. The summed E-state index contributed by atoms with van der Waals surface area (Å²) >= 11 is 0. The van der Waals surface area contributed by atoms with Crippen molar-refractivity contribution in [1.82, 2.24) is 9.80 Å². The molecule has 4 heteroatoms. The van der Waals surface area contributed by atoms with Crippen LogP contribution in [0.3, 0.4) is 0 Å². The Morgan fingerprint density at radius 2 is 1.68 bits per heavy atom. The summed E-state index contributed by atoms with van der Waals surface area (Å²) in [6.07, 6.45) is 3.54. The first-order chi connectivity index (χ1) is 13.6. The normalized spacial score (nSPS) is 16.3. The van der Waals surface area contributed by atoms with E-state index >= 15 is 0 Å². The number of hydrogen-bond donors (Lipinski definition) is 0.